The molecule has 3 rings (SSSR count). The predicted molar refractivity (Wildman–Crippen MR) is 91.2 cm³/mol. The highest BCUT2D eigenvalue weighted by atomic mass is 35.5. The maximum absolute atomic E-state index is 12.3. The van der Waals surface area contributed by atoms with Gasteiger partial charge in [0.25, 0.3) is 10.1 Å². The zero-order valence-corrected chi connectivity index (χ0v) is 14.3. The van der Waals surface area contributed by atoms with E-state index in [-0.39, 0.29) is 11.0 Å². The highest BCUT2D eigenvalue weighted by Gasteiger charge is 2.27. The van der Waals surface area contributed by atoms with E-state index in [9.17, 15) is 8.42 Å². The van der Waals surface area contributed by atoms with Crippen molar-refractivity contribution in [1.29, 1.82) is 0 Å². The average Bonchev–Trinajstić information content (AvgIpc) is 2.56. The van der Waals surface area contributed by atoms with Crippen LogP contribution in [0.2, 0.25) is 5.02 Å². The number of hydrogen-bond donors (Lipinski definition) is 0. The smallest absolute Gasteiger partial charge is 0.263 e. The van der Waals surface area contributed by atoms with Crippen LogP contribution in [0.5, 0.6) is 0 Å². The fourth-order valence-electron chi connectivity index (χ4n) is 3.07. The summed E-state index contributed by atoms with van der Waals surface area (Å²) in [5.74, 6) is 0.424. The van der Waals surface area contributed by atoms with Crippen LogP contribution in [-0.4, -0.2) is 14.5 Å². The fourth-order valence-corrected chi connectivity index (χ4v) is 4.43. The highest BCUT2D eigenvalue weighted by Crippen LogP contribution is 2.35. The molecule has 5 heteroatoms. The van der Waals surface area contributed by atoms with Crippen molar-refractivity contribution in [3.05, 3.63) is 65.2 Å². The van der Waals surface area contributed by atoms with Crippen LogP contribution in [0.3, 0.4) is 0 Å². The van der Waals surface area contributed by atoms with E-state index in [0.717, 1.165) is 30.7 Å². The quantitative estimate of drug-likeness (QED) is 0.746. The van der Waals surface area contributed by atoms with Gasteiger partial charge in [-0.1, -0.05) is 41.9 Å². The lowest BCUT2D eigenvalue weighted by Crippen LogP contribution is -2.24. The number of benzene rings is 2. The summed E-state index contributed by atoms with van der Waals surface area (Å²) in [6.07, 6.45) is 3.06. The lowest BCUT2D eigenvalue weighted by atomic mass is 9.83. The van der Waals surface area contributed by atoms with Crippen molar-refractivity contribution in [2.75, 3.05) is 0 Å². The summed E-state index contributed by atoms with van der Waals surface area (Å²) in [5, 5.41) is 0.743. The Morgan fingerprint density at radius 2 is 1.61 bits per heavy atom. The van der Waals surface area contributed by atoms with Crippen LogP contribution in [0.4, 0.5) is 0 Å². The van der Waals surface area contributed by atoms with Crippen molar-refractivity contribution in [3.63, 3.8) is 0 Å². The zero-order chi connectivity index (χ0) is 16.3. The molecular weight excluding hydrogens is 332 g/mol. The molecule has 0 saturated heterocycles. The van der Waals surface area contributed by atoms with Crippen molar-refractivity contribution in [2.24, 2.45) is 0 Å². The molecule has 0 atom stereocenters. The van der Waals surface area contributed by atoms with Crippen molar-refractivity contribution >= 4 is 21.7 Å². The van der Waals surface area contributed by atoms with Gasteiger partial charge in [-0.05, 0) is 61.4 Å². The molecule has 0 amide bonds. The van der Waals surface area contributed by atoms with Crippen molar-refractivity contribution in [2.45, 2.75) is 42.6 Å². The Kier molecular flexibility index (Phi) is 5.05. The third-order valence-corrected chi connectivity index (χ3v) is 5.90. The summed E-state index contributed by atoms with van der Waals surface area (Å²) < 4.78 is 29.9. The van der Waals surface area contributed by atoms with Crippen LogP contribution in [0, 0.1) is 0 Å². The molecule has 0 radical (unpaired) electrons. The van der Waals surface area contributed by atoms with Gasteiger partial charge in [0.2, 0.25) is 0 Å². The minimum absolute atomic E-state index is 0.219. The molecule has 0 heterocycles. The van der Waals surface area contributed by atoms with E-state index in [2.05, 4.69) is 6.07 Å². The monoisotopic (exact) mass is 350 g/mol. The molecule has 0 aliphatic heterocycles. The minimum atomic E-state index is -3.67. The van der Waals surface area contributed by atoms with E-state index >= 15 is 0 Å². The average molecular weight is 351 g/mol. The SMILES string of the molecule is O=S(=O)(OC1CCC(c2cccc(Cl)c2)CC1)c1ccccc1. The lowest BCUT2D eigenvalue weighted by molar-refractivity contribution is 0.153. The first-order valence-corrected chi connectivity index (χ1v) is 9.57. The first-order chi connectivity index (χ1) is 11.0. The zero-order valence-electron chi connectivity index (χ0n) is 12.7. The van der Waals surface area contributed by atoms with E-state index in [1.165, 1.54) is 5.56 Å². The van der Waals surface area contributed by atoms with Crippen LogP contribution in [-0.2, 0) is 14.3 Å². The van der Waals surface area contributed by atoms with Gasteiger partial charge in [0.15, 0.2) is 0 Å². The Balaban J connectivity index is 1.61. The van der Waals surface area contributed by atoms with E-state index < -0.39 is 10.1 Å². The normalized spacial score (nSPS) is 22.0. The van der Waals surface area contributed by atoms with Gasteiger partial charge >= 0.3 is 0 Å². The van der Waals surface area contributed by atoms with Crippen LogP contribution in [0.1, 0.15) is 37.2 Å². The lowest BCUT2D eigenvalue weighted by Gasteiger charge is -2.28. The molecule has 0 spiro atoms. The standard InChI is InChI=1S/C18H19ClO3S/c19-16-6-4-5-15(13-16)14-9-11-17(12-10-14)22-23(20,21)18-7-2-1-3-8-18/h1-8,13-14,17H,9-12H2. The van der Waals surface area contributed by atoms with Gasteiger partial charge in [-0.2, -0.15) is 8.42 Å². The summed E-state index contributed by atoms with van der Waals surface area (Å²) in [4.78, 5) is 0.219. The Morgan fingerprint density at radius 1 is 0.913 bits per heavy atom. The third-order valence-electron chi connectivity index (χ3n) is 4.29. The first kappa shape index (κ1) is 16.5. The molecule has 1 saturated carbocycles. The molecule has 0 aromatic heterocycles. The first-order valence-electron chi connectivity index (χ1n) is 7.78. The van der Waals surface area contributed by atoms with Gasteiger partial charge in [-0.15, -0.1) is 0 Å². The largest absolute Gasteiger partial charge is 0.297 e. The molecule has 2 aromatic rings. The molecule has 3 nitrogen and oxygen atoms in total. The van der Waals surface area contributed by atoms with Gasteiger partial charge in [-0.25, -0.2) is 0 Å². The molecule has 0 bridgehead atoms. The van der Waals surface area contributed by atoms with Gasteiger partial charge in [0.05, 0.1) is 11.0 Å². The maximum atomic E-state index is 12.3. The summed E-state index contributed by atoms with van der Waals surface area (Å²) in [5.41, 5.74) is 1.22. The second-order valence-electron chi connectivity index (χ2n) is 5.89. The highest BCUT2D eigenvalue weighted by molar-refractivity contribution is 7.86. The molecule has 122 valence electrons. The Labute approximate surface area is 142 Å². The van der Waals surface area contributed by atoms with E-state index in [1.807, 2.05) is 18.2 Å². The fraction of sp³-hybridized carbons (Fsp3) is 0.333. The minimum Gasteiger partial charge on any atom is -0.263 e. The molecule has 2 aromatic carbocycles. The third kappa shape index (κ3) is 4.14. The molecule has 0 N–H and O–H groups in total. The van der Waals surface area contributed by atoms with Crippen molar-refractivity contribution in [3.8, 4) is 0 Å². The number of halogens is 1. The van der Waals surface area contributed by atoms with Gasteiger partial charge < -0.3 is 0 Å². The summed E-state index contributed by atoms with van der Waals surface area (Å²) >= 11 is 6.04. The van der Waals surface area contributed by atoms with Gasteiger partial charge in [0, 0.05) is 5.02 Å². The number of rotatable bonds is 4. The Bertz CT molecular complexity index is 751. The molecule has 1 fully saturated rings. The second kappa shape index (κ2) is 7.04. The summed E-state index contributed by atoms with van der Waals surface area (Å²) in [6, 6.07) is 16.2. The Morgan fingerprint density at radius 3 is 2.26 bits per heavy atom. The predicted octanol–water partition coefficient (Wildman–Crippen LogP) is 4.77. The van der Waals surface area contributed by atoms with E-state index in [4.69, 9.17) is 15.8 Å². The number of hydrogen-bond acceptors (Lipinski definition) is 3. The van der Waals surface area contributed by atoms with Crippen molar-refractivity contribution < 1.29 is 12.6 Å². The van der Waals surface area contributed by atoms with E-state index in [1.54, 1.807) is 30.3 Å². The van der Waals surface area contributed by atoms with Gasteiger partial charge in [-0.3, -0.25) is 4.18 Å². The molecule has 23 heavy (non-hydrogen) atoms. The van der Waals surface area contributed by atoms with Gasteiger partial charge in [0.1, 0.15) is 0 Å². The van der Waals surface area contributed by atoms with E-state index in [0.29, 0.717) is 5.92 Å². The molecule has 0 unspecified atom stereocenters. The van der Waals surface area contributed by atoms with Crippen LogP contribution in [0.25, 0.3) is 0 Å². The molecule has 1 aliphatic carbocycles. The summed E-state index contributed by atoms with van der Waals surface area (Å²) in [7, 11) is -3.67. The maximum Gasteiger partial charge on any atom is 0.297 e. The topological polar surface area (TPSA) is 43.4 Å². The van der Waals surface area contributed by atoms with Crippen molar-refractivity contribution in [1.82, 2.24) is 0 Å². The Hall–Kier alpha value is -1.36. The van der Waals surface area contributed by atoms with Crippen LogP contribution >= 0.6 is 11.6 Å². The molecular formula is C18H19ClO3S. The molecule has 1 aliphatic rings. The van der Waals surface area contributed by atoms with Crippen LogP contribution in [0.15, 0.2) is 59.5 Å². The van der Waals surface area contributed by atoms with Crippen LogP contribution < -0.4 is 0 Å². The second-order valence-corrected chi connectivity index (χ2v) is 7.90. The summed E-state index contributed by atoms with van der Waals surface area (Å²) in [6.45, 7) is 0.